The molecule has 0 aliphatic heterocycles. The monoisotopic (exact) mass is 345 g/mol. The van der Waals surface area contributed by atoms with Crippen LogP contribution in [0.25, 0.3) is 4.96 Å². The van der Waals surface area contributed by atoms with Crippen molar-refractivity contribution < 1.29 is 14.3 Å². The minimum absolute atomic E-state index is 0.161. The Morgan fingerprint density at radius 1 is 1.29 bits per heavy atom. The molecule has 6 nitrogen and oxygen atoms in total. The van der Waals surface area contributed by atoms with Crippen molar-refractivity contribution in [1.29, 1.82) is 0 Å². The topological polar surface area (TPSA) is 64.9 Å². The Kier molecular flexibility index (Phi) is 4.71. The van der Waals surface area contributed by atoms with Crippen LogP contribution in [0.15, 0.2) is 29.8 Å². The van der Waals surface area contributed by atoms with E-state index < -0.39 is 0 Å². The number of ether oxygens (including phenoxy) is 2. The molecule has 0 radical (unpaired) electrons. The Morgan fingerprint density at radius 2 is 2.08 bits per heavy atom. The molecule has 24 heavy (non-hydrogen) atoms. The number of rotatable bonds is 6. The Labute approximate surface area is 144 Å². The first-order valence-electron chi connectivity index (χ1n) is 7.54. The molecule has 0 bridgehead atoms. The third kappa shape index (κ3) is 3.21. The summed E-state index contributed by atoms with van der Waals surface area (Å²) in [4.78, 5) is 17.4. The van der Waals surface area contributed by atoms with E-state index in [0.29, 0.717) is 30.2 Å². The summed E-state index contributed by atoms with van der Waals surface area (Å²) in [5.41, 5.74) is 2.58. The van der Waals surface area contributed by atoms with Crippen molar-refractivity contribution in [3.05, 3.63) is 46.7 Å². The van der Waals surface area contributed by atoms with E-state index in [0.717, 1.165) is 16.2 Å². The molecule has 0 saturated heterocycles. The second kappa shape index (κ2) is 6.92. The number of hydrogen-bond donors (Lipinski definition) is 1. The van der Waals surface area contributed by atoms with E-state index in [4.69, 9.17) is 9.47 Å². The lowest BCUT2D eigenvalue weighted by molar-refractivity contribution is 0.0950. The van der Waals surface area contributed by atoms with Crippen molar-refractivity contribution in [2.24, 2.45) is 0 Å². The second-order valence-electron chi connectivity index (χ2n) is 5.35. The van der Waals surface area contributed by atoms with Gasteiger partial charge in [0, 0.05) is 23.8 Å². The number of carbonyl (C=O) groups excluding carboxylic acids is 1. The highest BCUT2D eigenvalue weighted by Crippen LogP contribution is 2.27. The summed E-state index contributed by atoms with van der Waals surface area (Å²) in [5.74, 6) is 1.22. The van der Waals surface area contributed by atoms with E-state index in [1.165, 1.54) is 11.3 Å². The van der Waals surface area contributed by atoms with Crippen LogP contribution in [0.5, 0.6) is 11.5 Å². The van der Waals surface area contributed by atoms with Gasteiger partial charge in [0.1, 0.15) is 5.69 Å². The van der Waals surface area contributed by atoms with Crippen LogP contribution >= 0.6 is 11.3 Å². The fourth-order valence-electron chi connectivity index (χ4n) is 2.45. The smallest absolute Gasteiger partial charge is 0.271 e. The number of nitrogens with zero attached hydrogens (tertiary/aromatic N) is 2. The van der Waals surface area contributed by atoms with Crippen molar-refractivity contribution in [2.45, 2.75) is 13.3 Å². The van der Waals surface area contributed by atoms with Crippen molar-refractivity contribution in [3.63, 3.8) is 0 Å². The first kappa shape index (κ1) is 16.3. The van der Waals surface area contributed by atoms with E-state index in [9.17, 15) is 4.79 Å². The molecular weight excluding hydrogens is 326 g/mol. The van der Waals surface area contributed by atoms with Crippen LogP contribution in [0.1, 0.15) is 21.7 Å². The molecule has 0 spiro atoms. The van der Waals surface area contributed by atoms with Gasteiger partial charge in [-0.25, -0.2) is 4.98 Å². The third-order valence-corrected chi connectivity index (χ3v) is 4.73. The number of nitrogens with one attached hydrogen (secondary N) is 1. The van der Waals surface area contributed by atoms with Crippen LogP contribution in [0.3, 0.4) is 0 Å². The van der Waals surface area contributed by atoms with Crippen LogP contribution in [0.2, 0.25) is 0 Å². The molecule has 2 aromatic heterocycles. The van der Waals surface area contributed by atoms with Gasteiger partial charge in [-0.15, -0.1) is 11.3 Å². The van der Waals surface area contributed by atoms with Crippen LogP contribution in [0.4, 0.5) is 0 Å². The molecule has 0 atom stereocenters. The number of imidazole rings is 1. The molecule has 0 aliphatic carbocycles. The van der Waals surface area contributed by atoms with E-state index in [1.54, 1.807) is 20.4 Å². The zero-order valence-electron chi connectivity index (χ0n) is 13.8. The van der Waals surface area contributed by atoms with E-state index in [1.807, 2.05) is 34.9 Å². The van der Waals surface area contributed by atoms with Crippen molar-refractivity contribution >= 4 is 22.2 Å². The number of carbonyl (C=O) groups is 1. The van der Waals surface area contributed by atoms with Crippen molar-refractivity contribution in [2.75, 3.05) is 20.8 Å². The minimum atomic E-state index is -0.161. The highest BCUT2D eigenvalue weighted by atomic mass is 32.1. The molecule has 0 unspecified atom stereocenters. The summed E-state index contributed by atoms with van der Waals surface area (Å²) in [6, 6.07) is 5.74. The molecule has 1 N–H and O–H groups in total. The number of hydrogen-bond acceptors (Lipinski definition) is 5. The standard InChI is InChI=1S/C17H19N3O3S/c1-11-10-24-17-19-13(9-20(11)17)16(21)18-7-6-12-4-5-14(22-2)15(8-12)23-3/h4-5,8-10H,6-7H2,1-3H3,(H,18,21). The normalized spacial score (nSPS) is 10.8. The minimum Gasteiger partial charge on any atom is -0.493 e. The van der Waals surface area contributed by atoms with Gasteiger partial charge in [0.2, 0.25) is 0 Å². The number of aromatic nitrogens is 2. The molecule has 0 saturated carbocycles. The molecule has 3 aromatic rings. The number of thiazole rings is 1. The lowest BCUT2D eigenvalue weighted by atomic mass is 10.1. The van der Waals surface area contributed by atoms with Gasteiger partial charge in [0.05, 0.1) is 14.2 Å². The molecule has 0 aliphatic rings. The fraction of sp³-hybridized carbons (Fsp3) is 0.294. The summed E-state index contributed by atoms with van der Waals surface area (Å²) < 4.78 is 12.4. The van der Waals surface area contributed by atoms with Gasteiger partial charge >= 0.3 is 0 Å². The highest BCUT2D eigenvalue weighted by molar-refractivity contribution is 7.15. The quantitative estimate of drug-likeness (QED) is 0.746. The van der Waals surface area contributed by atoms with Gasteiger partial charge in [0.25, 0.3) is 5.91 Å². The summed E-state index contributed by atoms with van der Waals surface area (Å²) in [7, 11) is 3.21. The summed E-state index contributed by atoms with van der Waals surface area (Å²) >= 11 is 1.53. The summed E-state index contributed by atoms with van der Waals surface area (Å²) in [6.07, 6.45) is 2.47. The van der Waals surface area contributed by atoms with Gasteiger partial charge < -0.3 is 14.8 Å². The highest BCUT2D eigenvalue weighted by Gasteiger charge is 2.12. The maximum absolute atomic E-state index is 12.2. The van der Waals surface area contributed by atoms with E-state index >= 15 is 0 Å². The Hall–Kier alpha value is -2.54. The summed E-state index contributed by atoms with van der Waals surface area (Å²) in [6.45, 7) is 2.52. The number of benzene rings is 1. The maximum atomic E-state index is 12.2. The van der Waals surface area contributed by atoms with Crippen LogP contribution in [-0.2, 0) is 6.42 Å². The Morgan fingerprint density at radius 3 is 2.79 bits per heavy atom. The van der Waals surface area contributed by atoms with Crippen LogP contribution in [0, 0.1) is 6.92 Å². The lowest BCUT2D eigenvalue weighted by Crippen LogP contribution is -2.26. The molecule has 0 fully saturated rings. The van der Waals surface area contributed by atoms with Gasteiger partial charge in [0.15, 0.2) is 16.5 Å². The van der Waals surface area contributed by atoms with Crippen molar-refractivity contribution in [1.82, 2.24) is 14.7 Å². The van der Waals surface area contributed by atoms with Crippen molar-refractivity contribution in [3.8, 4) is 11.5 Å². The SMILES string of the molecule is COc1ccc(CCNC(=O)c2cn3c(C)csc3n2)cc1OC. The number of fused-ring (bicyclic) bond motifs is 1. The maximum Gasteiger partial charge on any atom is 0.271 e. The molecule has 126 valence electrons. The van der Waals surface area contributed by atoms with Crippen LogP contribution < -0.4 is 14.8 Å². The second-order valence-corrected chi connectivity index (χ2v) is 6.19. The number of amides is 1. The van der Waals surface area contributed by atoms with Gasteiger partial charge in [-0.2, -0.15) is 0 Å². The van der Waals surface area contributed by atoms with Gasteiger partial charge in [-0.3, -0.25) is 9.20 Å². The molecule has 2 heterocycles. The van der Waals surface area contributed by atoms with Gasteiger partial charge in [-0.05, 0) is 31.0 Å². The first-order chi connectivity index (χ1) is 11.6. The Balaban J connectivity index is 1.60. The van der Waals surface area contributed by atoms with E-state index in [-0.39, 0.29) is 5.91 Å². The number of aryl methyl sites for hydroxylation is 1. The first-order valence-corrected chi connectivity index (χ1v) is 8.42. The van der Waals surface area contributed by atoms with E-state index in [2.05, 4.69) is 10.3 Å². The average molecular weight is 345 g/mol. The fourth-order valence-corrected chi connectivity index (χ4v) is 3.30. The lowest BCUT2D eigenvalue weighted by Gasteiger charge is -2.09. The molecular formula is C17H19N3O3S. The Bertz CT molecular complexity index is 869. The van der Waals surface area contributed by atoms with Crippen LogP contribution in [-0.4, -0.2) is 36.1 Å². The largest absolute Gasteiger partial charge is 0.493 e. The summed E-state index contributed by atoms with van der Waals surface area (Å²) in [5, 5.41) is 4.92. The zero-order chi connectivity index (χ0) is 17.1. The van der Waals surface area contributed by atoms with Gasteiger partial charge in [-0.1, -0.05) is 6.07 Å². The molecule has 3 rings (SSSR count). The third-order valence-electron chi connectivity index (χ3n) is 3.77. The average Bonchev–Trinajstić information content (AvgIpc) is 3.17. The predicted octanol–water partition coefficient (Wildman–Crippen LogP) is 2.69. The predicted molar refractivity (Wildman–Crippen MR) is 93.4 cm³/mol. The molecule has 1 amide bonds. The molecule has 1 aromatic carbocycles. The molecule has 7 heteroatoms. The zero-order valence-corrected chi connectivity index (χ0v) is 14.6. The number of methoxy groups -OCH3 is 2.